The number of nitrogens with zero attached hydrogens (tertiary/aromatic N) is 2. The van der Waals surface area contributed by atoms with Crippen LogP contribution in [-0.2, 0) is 19.6 Å². The van der Waals surface area contributed by atoms with Crippen LogP contribution in [0.2, 0.25) is 0 Å². The first-order chi connectivity index (χ1) is 14.4. The zero-order chi connectivity index (χ0) is 21.5. The molecule has 0 saturated carbocycles. The Morgan fingerprint density at radius 2 is 2.07 bits per heavy atom. The topological polar surface area (TPSA) is 90.4 Å². The van der Waals surface area contributed by atoms with E-state index in [1.54, 1.807) is 16.7 Å². The van der Waals surface area contributed by atoms with Crippen molar-refractivity contribution < 1.29 is 19.0 Å². The normalized spacial score (nSPS) is 12.0. The van der Waals surface area contributed by atoms with Gasteiger partial charge in [-0.15, -0.1) is 0 Å². The molecule has 0 aliphatic rings. The Balaban J connectivity index is 1.51. The van der Waals surface area contributed by atoms with Crippen LogP contribution >= 0.6 is 15.9 Å². The van der Waals surface area contributed by atoms with Crippen LogP contribution in [-0.4, -0.2) is 26.7 Å². The number of hydrogen-bond donors (Lipinski definition) is 2. The molecule has 0 spiro atoms. The van der Waals surface area contributed by atoms with Gasteiger partial charge in [0.2, 0.25) is 0 Å². The van der Waals surface area contributed by atoms with E-state index in [2.05, 4.69) is 20.9 Å². The summed E-state index contributed by atoms with van der Waals surface area (Å²) in [5.41, 5.74) is 6.84. The summed E-state index contributed by atoms with van der Waals surface area (Å²) in [4.78, 5) is 15.0. The maximum Gasteiger partial charge on any atom is 0.268 e. The van der Waals surface area contributed by atoms with E-state index in [0.29, 0.717) is 35.2 Å². The molecular weight excluding hydrogens is 453 g/mol. The Labute approximate surface area is 182 Å². The number of aryl methyl sites for hydroxylation is 1. The van der Waals surface area contributed by atoms with Gasteiger partial charge in [-0.1, -0.05) is 40.2 Å². The number of hydrogen-bond acceptors (Lipinski definition) is 4. The van der Waals surface area contributed by atoms with Gasteiger partial charge in [0.05, 0.1) is 12.4 Å². The maximum atomic E-state index is 14.0. The lowest BCUT2D eigenvalue weighted by Crippen LogP contribution is -2.15. The summed E-state index contributed by atoms with van der Waals surface area (Å²) in [5, 5.41) is 10.3. The molecule has 6 nitrogen and oxygen atoms in total. The van der Waals surface area contributed by atoms with Gasteiger partial charge < -0.3 is 20.1 Å². The molecule has 1 amide bonds. The van der Waals surface area contributed by atoms with Gasteiger partial charge >= 0.3 is 0 Å². The number of amides is 1. The molecule has 8 heteroatoms. The standard InChI is InChI=1S/C22H23BrFN3O3/c23-17-9-8-16(19(24)10-17)13-30-21-7-2-1-4-15(21)5-3-6-18(28)11-27-12-20(22(25)29)26-14-27/h1-2,4,7-10,12,14,18,28H,3,5-6,11,13H2,(H2,25,29)/t18-/m0/s1. The molecule has 3 aromatic rings. The van der Waals surface area contributed by atoms with Crippen LogP contribution < -0.4 is 10.5 Å². The second kappa shape index (κ2) is 10.4. The number of carbonyl (C=O) groups is 1. The Kier molecular flexibility index (Phi) is 7.59. The van der Waals surface area contributed by atoms with Crippen molar-refractivity contribution in [3.8, 4) is 5.75 Å². The fourth-order valence-corrected chi connectivity index (χ4v) is 3.43. The number of halogens is 2. The Morgan fingerprint density at radius 1 is 1.27 bits per heavy atom. The minimum atomic E-state index is -0.595. The van der Waals surface area contributed by atoms with Crippen molar-refractivity contribution in [3.63, 3.8) is 0 Å². The SMILES string of the molecule is NC(=O)c1cn(C[C@@H](O)CCCc2ccccc2OCc2ccc(Br)cc2F)cn1. The van der Waals surface area contributed by atoms with Gasteiger partial charge in [-0.3, -0.25) is 4.79 Å². The number of aliphatic hydroxyl groups is 1. The summed E-state index contributed by atoms with van der Waals surface area (Å²) in [7, 11) is 0. The van der Waals surface area contributed by atoms with Gasteiger partial charge in [0.25, 0.3) is 5.91 Å². The average Bonchev–Trinajstić information content (AvgIpc) is 3.17. The molecule has 3 N–H and O–H groups in total. The van der Waals surface area contributed by atoms with Crippen molar-refractivity contribution in [2.24, 2.45) is 5.73 Å². The first-order valence-electron chi connectivity index (χ1n) is 9.56. The lowest BCUT2D eigenvalue weighted by molar-refractivity contribution is 0.0995. The number of benzene rings is 2. The number of imidazole rings is 1. The van der Waals surface area contributed by atoms with E-state index in [1.165, 1.54) is 18.6 Å². The molecule has 0 radical (unpaired) electrons. The molecule has 1 heterocycles. The maximum absolute atomic E-state index is 14.0. The van der Waals surface area contributed by atoms with Crippen molar-refractivity contribution in [2.75, 3.05) is 0 Å². The summed E-state index contributed by atoms with van der Waals surface area (Å²) in [5.74, 6) is -0.207. The Morgan fingerprint density at radius 3 is 2.80 bits per heavy atom. The van der Waals surface area contributed by atoms with Gasteiger partial charge in [-0.25, -0.2) is 9.37 Å². The molecule has 1 aromatic heterocycles. The van der Waals surface area contributed by atoms with Crippen LogP contribution in [0.5, 0.6) is 5.75 Å². The van der Waals surface area contributed by atoms with E-state index in [-0.39, 0.29) is 18.1 Å². The number of ether oxygens (including phenoxy) is 1. The van der Waals surface area contributed by atoms with E-state index in [9.17, 15) is 14.3 Å². The highest BCUT2D eigenvalue weighted by atomic mass is 79.9. The van der Waals surface area contributed by atoms with Crippen molar-refractivity contribution in [1.29, 1.82) is 0 Å². The van der Waals surface area contributed by atoms with Crippen molar-refractivity contribution in [1.82, 2.24) is 9.55 Å². The van der Waals surface area contributed by atoms with Crippen LogP contribution in [0.15, 0.2) is 59.5 Å². The highest BCUT2D eigenvalue weighted by Gasteiger charge is 2.11. The zero-order valence-electron chi connectivity index (χ0n) is 16.3. The van der Waals surface area contributed by atoms with Crippen LogP contribution in [0.3, 0.4) is 0 Å². The molecule has 0 unspecified atom stereocenters. The van der Waals surface area contributed by atoms with Crippen LogP contribution in [0.4, 0.5) is 4.39 Å². The summed E-state index contributed by atoms with van der Waals surface area (Å²) in [6.07, 6.45) is 4.45. The van der Waals surface area contributed by atoms with Gasteiger partial charge in [0, 0.05) is 22.8 Å². The average molecular weight is 476 g/mol. The number of primary amides is 1. The monoisotopic (exact) mass is 475 g/mol. The molecular formula is C22H23BrFN3O3. The van der Waals surface area contributed by atoms with Crippen LogP contribution in [0, 0.1) is 5.82 Å². The molecule has 0 aliphatic heterocycles. The molecule has 0 aliphatic carbocycles. The number of para-hydroxylation sites is 1. The molecule has 0 fully saturated rings. The van der Waals surface area contributed by atoms with Crippen LogP contribution in [0.25, 0.3) is 0 Å². The van der Waals surface area contributed by atoms with Gasteiger partial charge in [-0.05, 0) is 43.0 Å². The molecule has 158 valence electrons. The molecule has 0 saturated heterocycles. The summed E-state index contributed by atoms with van der Waals surface area (Å²) < 4.78 is 22.2. The molecule has 1 atom stereocenters. The van der Waals surface area contributed by atoms with E-state index in [0.717, 1.165) is 12.0 Å². The van der Waals surface area contributed by atoms with E-state index in [1.807, 2.05) is 24.3 Å². The first-order valence-corrected chi connectivity index (χ1v) is 10.4. The van der Waals surface area contributed by atoms with E-state index in [4.69, 9.17) is 10.5 Å². The number of carbonyl (C=O) groups excluding carboxylic acids is 1. The van der Waals surface area contributed by atoms with Crippen molar-refractivity contribution >= 4 is 21.8 Å². The van der Waals surface area contributed by atoms with Crippen molar-refractivity contribution in [2.45, 2.75) is 38.5 Å². The Bertz CT molecular complexity index is 1010. The highest BCUT2D eigenvalue weighted by Crippen LogP contribution is 2.23. The molecule has 2 aromatic carbocycles. The summed E-state index contributed by atoms with van der Waals surface area (Å²) in [6, 6.07) is 12.5. The third kappa shape index (κ3) is 6.14. The number of aromatic nitrogens is 2. The molecule has 3 rings (SSSR count). The third-order valence-electron chi connectivity index (χ3n) is 4.66. The largest absolute Gasteiger partial charge is 0.489 e. The minimum Gasteiger partial charge on any atom is -0.489 e. The fourth-order valence-electron chi connectivity index (χ4n) is 3.10. The second-order valence-corrected chi connectivity index (χ2v) is 7.91. The van der Waals surface area contributed by atoms with Crippen molar-refractivity contribution in [3.05, 3.63) is 82.1 Å². The highest BCUT2D eigenvalue weighted by molar-refractivity contribution is 9.10. The number of rotatable bonds is 10. The number of aliphatic hydroxyl groups excluding tert-OH is 1. The van der Waals surface area contributed by atoms with E-state index < -0.39 is 12.0 Å². The second-order valence-electron chi connectivity index (χ2n) is 7.00. The minimum absolute atomic E-state index is 0.140. The summed E-state index contributed by atoms with van der Waals surface area (Å²) >= 11 is 3.25. The predicted octanol–water partition coefficient (Wildman–Crippen LogP) is 3.85. The molecule has 30 heavy (non-hydrogen) atoms. The summed E-state index contributed by atoms with van der Waals surface area (Å²) in [6.45, 7) is 0.475. The van der Waals surface area contributed by atoms with Gasteiger partial charge in [-0.2, -0.15) is 0 Å². The zero-order valence-corrected chi connectivity index (χ0v) is 17.9. The van der Waals surface area contributed by atoms with Crippen LogP contribution in [0.1, 0.15) is 34.5 Å². The third-order valence-corrected chi connectivity index (χ3v) is 5.15. The van der Waals surface area contributed by atoms with E-state index >= 15 is 0 Å². The van der Waals surface area contributed by atoms with Gasteiger partial charge in [0.1, 0.15) is 23.9 Å². The lowest BCUT2D eigenvalue weighted by Gasteiger charge is -2.14. The van der Waals surface area contributed by atoms with Gasteiger partial charge in [0.15, 0.2) is 0 Å². The smallest absolute Gasteiger partial charge is 0.268 e. The predicted molar refractivity (Wildman–Crippen MR) is 115 cm³/mol. The lowest BCUT2D eigenvalue weighted by atomic mass is 10.0. The fraction of sp³-hybridized carbons (Fsp3) is 0.273. The Hall–Kier alpha value is -2.71. The molecule has 0 bridgehead atoms. The first kappa shape index (κ1) is 22.0. The number of nitrogens with two attached hydrogens (primary N) is 1. The quantitative estimate of drug-likeness (QED) is 0.465.